The Morgan fingerprint density at radius 1 is 1.14 bits per heavy atom. The maximum atomic E-state index is 11.0. The number of aryl methyl sites for hydroxylation is 1. The van der Waals surface area contributed by atoms with E-state index < -0.39 is 5.97 Å². The molecule has 0 atom stereocenters. The summed E-state index contributed by atoms with van der Waals surface area (Å²) in [6.07, 6.45) is 4.92. The van der Waals surface area contributed by atoms with E-state index in [1.165, 1.54) is 10.7 Å². The van der Waals surface area contributed by atoms with Gasteiger partial charge in [0.05, 0.1) is 0 Å². The number of nitrogens with zero attached hydrogens (tertiary/aromatic N) is 5. The van der Waals surface area contributed by atoms with E-state index in [1.807, 2.05) is 26.0 Å². The lowest BCUT2D eigenvalue weighted by Gasteiger charge is -2.10. The van der Waals surface area contributed by atoms with Gasteiger partial charge in [-0.2, -0.15) is 5.10 Å². The van der Waals surface area contributed by atoms with Gasteiger partial charge in [0.15, 0.2) is 17.3 Å². The zero-order valence-electron chi connectivity index (χ0n) is 12.1. The molecule has 110 valence electrons. The molecule has 0 bridgehead atoms. The van der Waals surface area contributed by atoms with Gasteiger partial charge in [-0.1, -0.05) is 0 Å². The smallest absolute Gasteiger partial charge is 0.356 e. The first-order valence-corrected chi connectivity index (χ1v) is 6.61. The Balaban J connectivity index is 2.14. The molecule has 3 rings (SSSR count). The van der Waals surface area contributed by atoms with E-state index in [0.717, 1.165) is 16.8 Å². The van der Waals surface area contributed by atoms with Gasteiger partial charge in [-0.15, -0.1) is 0 Å². The van der Waals surface area contributed by atoms with Crippen molar-refractivity contribution in [3.63, 3.8) is 0 Å². The van der Waals surface area contributed by atoms with Crippen LogP contribution in [0.1, 0.15) is 21.7 Å². The number of aromatic carboxylic acids is 1. The van der Waals surface area contributed by atoms with E-state index >= 15 is 0 Å². The predicted octanol–water partition coefficient (Wildman–Crippen LogP) is 2.04. The van der Waals surface area contributed by atoms with Crippen LogP contribution in [0.2, 0.25) is 0 Å². The molecular weight excluding hydrogens is 282 g/mol. The Morgan fingerprint density at radius 2 is 1.86 bits per heavy atom. The zero-order chi connectivity index (χ0) is 15.7. The molecule has 0 radical (unpaired) electrons. The molecule has 0 aliphatic carbocycles. The maximum Gasteiger partial charge on any atom is 0.356 e. The van der Waals surface area contributed by atoms with Crippen LogP contribution in [-0.4, -0.2) is 35.8 Å². The molecule has 7 nitrogen and oxygen atoms in total. The van der Waals surface area contributed by atoms with Crippen LogP contribution in [0.25, 0.3) is 17.2 Å². The summed E-state index contributed by atoms with van der Waals surface area (Å²) in [4.78, 5) is 23.9. The molecule has 0 unspecified atom stereocenters. The first-order chi connectivity index (χ1) is 10.6. The first-order valence-electron chi connectivity index (χ1n) is 6.61. The summed E-state index contributed by atoms with van der Waals surface area (Å²) in [6, 6.07) is 5.07. The Labute approximate surface area is 126 Å². The Bertz CT molecular complexity index is 842. The van der Waals surface area contributed by atoms with Gasteiger partial charge in [-0.05, 0) is 32.0 Å². The van der Waals surface area contributed by atoms with Gasteiger partial charge in [0.2, 0.25) is 0 Å². The molecule has 0 aliphatic heterocycles. The molecule has 0 fully saturated rings. The molecule has 0 saturated carbocycles. The molecule has 7 heteroatoms. The minimum atomic E-state index is -1.07. The molecule has 0 aromatic carbocycles. The average molecular weight is 295 g/mol. The summed E-state index contributed by atoms with van der Waals surface area (Å²) < 4.78 is 1.46. The number of hydrogen-bond donors (Lipinski definition) is 1. The molecule has 0 saturated heterocycles. The summed E-state index contributed by atoms with van der Waals surface area (Å²) in [7, 11) is 0. The average Bonchev–Trinajstić information content (AvgIpc) is 3.01. The summed E-state index contributed by atoms with van der Waals surface area (Å²) in [5.74, 6) is 0.0382. The molecule has 3 aromatic rings. The highest BCUT2D eigenvalue weighted by molar-refractivity contribution is 5.85. The molecule has 3 aromatic heterocycles. The minimum absolute atomic E-state index is 0.0267. The molecular formula is C15H13N5O2. The van der Waals surface area contributed by atoms with Crippen LogP contribution in [-0.2, 0) is 0 Å². The van der Waals surface area contributed by atoms with E-state index in [-0.39, 0.29) is 5.69 Å². The van der Waals surface area contributed by atoms with Crippen molar-refractivity contribution < 1.29 is 9.90 Å². The van der Waals surface area contributed by atoms with Crippen molar-refractivity contribution in [2.24, 2.45) is 0 Å². The van der Waals surface area contributed by atoms with Crippen molar-refractivity contribution in [2.45, 2.75) is 13.8 Å². The van der Waals surface area contributed by atoms with Gasteiger partial charge in [0.25, 0.3) is 0 Å². The van der Waals surface area contributed by atoms with Gasteiger partial charge < -0.3 is 5.11 Å². The van der Waals surface area contributed by atoms with E-state index in [1.54, 1.807) is 18.6 Å². The molecule has 3 heterocycles. The number of pyridine rings is 1. The lowest BCUT2D eigenvalue weighted by molar-refractivity contribution is 0.0690. The highest BCUT2D eigenvalue weighted by Gasteiger charge is 2.14. The molecule has 0 amide bonds. The van der Waals surface area contributed by atoms with Crippen molar-refractivity contribution in [1.29, 1.82) is 0 Å². The second kappa shape index (κ2) is 5.36. The van der Waals surface area contributed by atoms with E-state index in [0.29, 0.717) is 11.6 Å². The summed E-state index contributed by atoms with van der Waals surface area (Å²) in [5.41, 5.74) is 2.47. The van der Waals surface area contributed by atoms with E-state index in [4.69, 9.17) is 5.11 Å². The molecule has 1 N–H and O–H groups in total. The van der Waals surface area contributed by atoms with Crippen LogP contribution in [0.5, 0.6) is 0 Å². The Morgan fingerprint density at radius 3 is 2.50 bits per heavy atom. The van der Waals surface area contributed by atoms with Crippen molar-refractivity contribution >= 4 is 5.97 Å². The van der Waals surface area contributed by atoms with Crippen molar-refractivity contribution in [3.05, 3.63) is 53.7 Å². The van der Waals surface area contributed by atoms with Crippen LogP contribution in [0, 0.1) is 13.8 Å². The molecule has 0 aliphatic rings. The first kappa shape index (κ1) is 13.9. The molecule has 0 spiro atoms. The lowest BCUT2D eigenvalue weighted by atomic mass is 10.2. The lowest BCUT2D eigenvalue weighted by Crippen LogP contribution is -2.08. The number of rotatable bonds is 3. The summed E-state index contributed by atoms with van der Waals surface area (Å²) >= 11 is 0. The maximum absolute atomic E-state index is 11.0. The van der Waals surface area contributed by atoms with Crippen molar-refractivity contribution in [2.75, 3.05) is 0 Å². The Kier molecular flexibility index (Phi) is 3.38. The second-order valence-corrected chi connectivity index (χ2v) is 4.77. The second-order valence-electron chi connectivity index (χ2n) is 4.77. The van der Waals surface area contributed by atoms with Gasteiger partial charge >= 0.3 is 5.97 Å². The van der Waals surface area contributed by atoms with Crippen LogP contribution in [0.3, 0.4) is 0 Å². The van der Waals surface area contributed by atoms with Gasteiger partial charge in [-0.3, -0.25) is 4.98 Å². The Hall–Kier alpha value is -3.09. The van der Waals surface area contributed by atoms with E-state index in [9.17, 15) is 4.79 Å². The van der Waals surface area contributed by atoms with Crippen LogP contribution in [0.4, 0.5) is 0 Å². The fourth-order valence-electron chi connectivity index (χ4n) is 2.02. The van der Waals surface area contributed by atoms with Crippen LogP contribution < -0.4 is 0 Å². The SMILES string of the molecule is Cc1nc(-c2ccncc2)nc(-n2ccc(C(=O)O)n2)c1C. The van der Waals surface area contributed by atoms with Gasteiger partial charge in [-0.25, -0.2) is 19.4 Å². The van der Waals surface area contributed by atoms with Crippen molar-refractivity contribution in [3.8, 4) is 17.2 Å². The molecule has 22 heavy (non-hydrogen) atoms. The van der Waals surface area contributed by atoms with E-state index in [2.05, 4.69) is 20.1 Å². The summed E-state index contributed by atoms with van der Waals surface area (Å²) in [6.45, 7) is 3.76. The number of aromatic nitrogens is 5. The highest BCUT2D eigenvalue weighted by Crippen LogP contribution is 2.20. The number of carboxylic acids is 1. The third kappa shape index (κ3) is 2.44. The van der Waals surface area contributed by atoms with Gasteiger partial charge in [0, 0.05) is 35.4 Å². The zero-order valence-corrected chi connectivity index (χ0v) is 12.1. The monoisotopic (exact) mass is 295 g/mol. The third-order valence-electron chi connectivity index (χ3n) is 3.33. The van der Waals surface area contributed by atoms with Gasteiger partial charge in [0.1, 0.15) is 0 Å². The highest BCUT2D eigenvalue weighted by atomic mass is 16.4. The van der Waals surface area contributed by atoms with Crippen molar-refractivity contribution in [1.82, 2.24) is 24.7 Å². The fraction of sp³-hybridized carbons (Fsp3) is 0.133. The summed E-state index contributed by atoms with van der Waals surface area (Å²) in [5, 5.41) is 13.0. The van der Waals surface area contributed by atoms with Crippen LogP contribution in [0.15, 0.2) is 36.8 Å². The number of carboxylic acid groups (broad SMARTS) is 1. The third-order valence-corrected chi connectivity index (χ3v) is 3.33. The topological polar surface area (TPSA) is 93.8 Å². The largest absolute Gasteiger partial charge is 0.476 e. The predicted molar refractivity (Wildman–Crippen MR) is 78.8 cm³/mol. The standard InChI is InChI=1S/C15H13N5O2/c1-9-10(2)17-13(11-3-6-16-7-4-11)18-14(9)20-8-5-12(19-20)15(21)22/h3-8H,1-2H3,(H,21,22). The quantitative estimate of drug-likeness (QED) is 0.794. The fourth-order valence-corrected chi connectivity index (χ4v) is 2.02. The number of hydrogen-bond acceptors (Lipinski definition) is 5. The number of carbonyl (C=O) groups is 1. The minimum Gasteiger partial charge on any atom is -0.476 e. The normalized spacial score (nSPS) is 10.6. The van der Waals surface area contributed by atoms with Crippen LogP contribution >= 0.6 is 0 Å².